The molecule has 1 aliphatic rings. The smallest absolute Gasteiger partial charge is 0.276 e. The Morgan fingerprint density at radius 1 is 1.44 bits per heavy atom. The first-order chi connectivity index (χ1) is 12.0. The molecular weight excluding hydrogens is 322 g/mol. The highest BCUT2D eigenvalue weighted by Crippen LogP contribution is 2.33. The quantitative estimate of drug-likeness (QED) is 0.888. The van der Waals surface area contributed by atoms with E-state index in [2.05, 4.69) is 20.4 Å². The molecule has 1 aliphatic heterocycles. The maximum atomic E-state index is 13.1. The Labute approximate surface area is 146 Å². The predicted molar refractivity (Wildman–Crippen MR) is 91.3 cm³/mol. The van der Waals surface area contributed by atoms with Crippen molar-refractivity contribution in [3.05, 3.63) is 34.6 Å². The third kappa shape index (κ3) is 3.34. The zero-order chi connectivity index (χ0) is 18.0. The van der Waals surface area contributed by atoms with E-state index in [0.29, 0.717) is 36.0 Å². The van der Waals surface area contributed by atoms with Gasteiger partial charge in [-0.3, -0.25) is 4.79 Å². The van der Waals surface area contributed by atoms with Crippen LogP contribution in [0.2, 0.25) is 0 Å². The summed E-state index contributed by atoms with van der Waals surface area (Å²) in [6, 6.07) is 1.81. The highest BCUT2D eigenvalue weighted by Gasteiger charge is 2.35. The van der Waals surface area contributed by atoms with E-state index >= 15 is 0 Å². The van der Waals surface area contributed by atoms with E-state index in [9.17, 15) is 4.79 Å². The van der Waals surface area contributed by atoms with Crippen LogP contribution in [0.4, 0.5) is 5.82 Å². The van der Waals surface area contributed by atoms with Crippen molar-refractivity contribution in [2.24, 2.45) is 0 Å². The van der Waals surface area contributed by atoms with Crippen molar-refractivity contribution in [2.45, 2.75) is 39.3 Å². The number of methoxy groups -OCH3 is 1. The molecule has 0 unspecified atom stereocenters. The molecule has 0 radical (unpaired) electrons. The molecule has 0 bridgehead atoms. The van der Waals surface area contributed by atoms with Gasteiger partial charge in [-0.25, -0.2) is 9.97 Å². The fraction of sp³-hybridized carbons (Fsp3) is 0.529. The predicted octanol–water partition coefficient (Wildman–Crippen LogP) is 2.25. The number of carbonyl (C=O) groups is 1. The van der Waals surface area contributed by atoms with Gasteiger partial charge in [0.05, 0.1) is 23.9 Å². The molecule has 2 aromatic rings. The second kappa shape index (κ2) is 7.18. The Bertz CT molecular complexity index is 774. The Morgan fingerprint density at radius 2 is 2.24 bits per heavy atom. The first kappa shape index (κ1) is 17.3. The summed E-state index contributed by atoms with van der Waals surface area (Å²) in [6.07, 6.45) is 1.78. The van der Waals surface area contributed by atoms with Crippen molar-refractivity contribution < 1.29 is 14.1 Å². The standard InChI is InChI=1S/C17H23N5O3/c1-10-12(9-24-4)16(21-25-10)17(23)22-7-5-6-14(22)13-8-15(18-3)20-11(2)19-13/h8,14H,5-7,9H2,1-4H3,(H,18,19,20)/t14-/m0/s1. The van der Waals surface area contributed by atoms with E-state index in [1.165, 1.54) is 0 Å². The maximum Gasteiger partial charge on any atom is 0.276 e. The number of amides is 1. The first-order valence-corrected chi connectivity index (χ1v) is 8.33. The van der Waals surface area contributed by atoms with Crippen LogP contribution >= 0.6 is 0 Å². The Balaban J connectivity index is 1.92. The van der Waals surface area contributed by atoms with E-state index in [-0.39, 0.29) is 11.9 Å². The molecule has 8 heteroatoms. The number of likely N-dealkylation sites (tertiary alicyclic amines) is 1. The number of nitrogens with one attached hydrogen (secondary N) is 1. The molecule has 1 fully saturated rings. The van der Waals surface area contributed by atoms with Gasteiger partial charge in [0.2, 0.25) is 0 Å². The number of rotatable bonds is 5. The Morgan fingerprint density at radius 3 is 2.96 bits per heavy atom. The number of ether oxygens (including phenoxy) is 1. The van der Waals surface area contributed by atoms with Crippen LogP contribution in [0.25, 0.3) is 0 Å². The molecule has 1 N–H and O–H groups in total. The lowest BCUT2D eigenvalue weighted by molar-refractivity contribution is 0.0718. The zero-order valence-electron chi connectivity index (χ0n) is 15.0. The largest absolute Gasteiger partial charge is 0.380 e. The average Bonchev–Trinajstić information content (AvgIpc) is 3.22. The Kier molecular flexibility index (Phi) is 4.98. The molecule has 0 aromatic carbocycles. The maximum absolute atomic E-state index is 13.1. The number of anilines is 1. The molecule has 8 nitrogen and oxygen atoms in total. The van der Waals surface area contributed by atoms with Crippen LogP contribution in [-0.2, 0) is 11.3 Å². The number of nitrogens with zero attached hydrogens (tertiary/aromatic N) is 4. The van der Waals surface area contributed by atoms with Crippen LogP contribution in [-0.4, -0.2) is 46.6 Å². The molecule has 1 amide bonds. The lowest BCUT2D eigenvalue weighted by atomic mass is 10.1. The minimum absolute atomic E-state index is 0.0892. The lowest BCUT2D eigenvalue weighted by Gasteiger charge is -2.24. The summed E-state index contributed by atoms with van der Waals surface area (Å²) < 4.78 is 10.4. The van der Waals surface area contributed by atoms with Gasteiger partial charge in [0.15, 0.2) is 5.69 Å². The number of hydrogen-bond donors (Lipinski definition) is 1. The number of aryl methyl sites for hydroxylation is 2. The molecule has 0 saturated carbocycles. The lowest BCUT2D eigenvalue weighted by Crippen LogP contribution is -2.32. The second-order valence-corrected chi connectivity index (χ2v) is 6.13. The molecule has 1 atom stereocenters. The molecule has 25 heavy (non-hydrogen) atoms. The van der Waals surface area contributed by atoms with E-state index in [0.717, 1.165) is 24.4 Å². The van der Waals surface area contributed by atoms with Crippen LogP contribution in [0.1, 0.15) is 52.2 Å². The molecule has 3 rings (SSSR count). The molecule has 2 aromatic heterocycles. The summed E-state index contributed by atoms with van der Waals surface area (Å²) in [6.45, 7) is 4.60. The molecule has 134 valence electrons. The third-order valence-corrected chi connectivity index (χ3v) is 4.44. The highest BCUT2D eigenvalue weighted by atomic mass is 16.5. The van der Waals surface area contributed by atoms with Gasteiger partial charge in [-0.1, -0.05) is 5.16 Å². The van der Waals surface area contributed by atoms with Crippen molar-refractivity contribution in [1.29, 1.82) is 0 Å². The summed E-state index contributed by atoms with van der Waals surface area (Å²) >= 11 is 0. The zero-order valence-corrected chi connectivity index (χ0v) is 15.0. The van der Waals surface area contributed by atoms with Gasteiger partial charge in [0.1, 0.15) is 17.4 Å². The van der Waals surface area contributed by atoms with Crippen molar-refractivity contribution in [3.8, 4) is 0 Å². The van der Waals surface area contributed by atoms with Crippen molar-refractivity contribution in [1.82, 2.24) is 20.0 Å². The van der Waals surface area contributed by atoms with Gasteiger partial charge in [-0.05, 0) is 26.7 Å². The van der Waals surface area contributed by atoms with E-state index in [1.54, 1.807) is 14.0 Å². The second-order valence-electron chi connectivity index (χ2n) is 6.13. The van der Waals surface area contributed by atoms with Crippen LogP contribution in [0.3, 0.4) is 0 Å². The van der Waals surface area contributed by atoms with Crippen LogP contribution in [0, 0.1) is 13.8 Å². The number of carbonyl (C=O) groups excluding carboxylic acids is 1. The van der Waals surface area contributed by atoms with E-state index in [4.69, 9.17) is 9.26 Å². The van der Waals surface area contributed by atoms with Crippen molar-refractivity contribution in [2.75, 3.05) is 26.0 Å². The fourth-order valence-electron chi connectivity index (χ4n) is 3.22. The van der Waals surface area contributed by atoms with Crippen LogP contribution in [0.15, 0.2) is 10.6 Å². The normalized spacial score (nSPS) is 17.1. The summed E-state index contributed by atoms with van der Waals surface area (Å²) in [5.41, 5.74) is 1.87. The van der Waals surface area contributed by atoms with E-state index < -0.39 is 0 Å². The minimum Gasteiger partial charge on any atom is -0.380 e. The first-order valence-electron chi connectivity index (χ1n) is 8.33. The number of hydrogen-bond acceptors (Lipinski definition) is 7. The summed E-state index contributed by atoms with van der Waals surface area (Å²) in [4.78, 5) is 23.7. The SMILES string of the molecule is CNc1cc([C@@H]2CCCN2C(=O)c2noc(C)c2COC)nc(C)n1. The minimum atomic E-state index is -0.145. The van der Waals surface area contributed by atoms with Gasteiger partial charge < -0.3 is 19.5 Å². The summed E-state index contributed by atoms with van der Waals surface area (Å²) in [5, 5.41) is 7.01. The molecule has 1 saturated heterocycles. The number of aromatic nitrogens is 3. The summed E-state index contributed by atoms with van der Waals surface area (Å²) in [5.74, 6) is 1.89. The fourth-order valence-corrected chi connectivity index (χ4v) is 3.22. The molecule has 0 spiro atoms. The van der Waals surface area contributed by atoms with Gasteiger partial charge in [0.25, 0.3) is 5.91 Å². The topological polar surface area (TPSA) is 93.4 Å². The van der Waals surface area contributed by atoms with Crippen molar-refractivity contribution in [3.63, 3.8) is 0 Å². The van der Waals surface area contributed by atoms with Gasteiger partial charge in [0, 0.05) is 26.8 Å². The van der Waals surface area contributed by atoms with Gasteiger partial charge in [-0.15, -0.1) is 0 Å². The van der Waals surface area contributed by atoms with E-state index in [1.807, 2.05) is 24.9 Å². The average molecular weight is 345 g/mol. The third-order valence-electron chi connectivity index (χ3n) is 4.44. The molecular formula is C17H23N5O3. The Hall–Kier alpha value is -2.48. The molecule has 0 aliphatic carbocycles. The van der Waals surface area contributed by atoms with Gasteiger partial charge in [-0.2, -0.15) is 0 Å². The summed E-state index contributed by atoms with van der Waals surface area (Å²) in [7, 11) is 3.40. The van der Waals surface area contributed by atoms with Crippen LogP contribution in [0.5, 0.6) is 0 Å². The highest BCUT2D eigenvalue weighted by molar-refractivity contribution is 5.94. The van der Waals surface area contributed by atoms with Gasteiger partial charge >= 0.3 is 0 Å². The van der Waals surface area contributed by atoms with Crippen LogP contribution < -0.4 is 5.32 Å². The molecule has 3 heterocycles. The monoisotopic (exact) mass is 345 g/mol. The van der Waals surface area contributed by atoms with Crippen molar-refractivity contribution >= 4 is 11.7 Å².